The summed E-state index contributed by atoms with van der Waals surface area (Å²) in [5.74, 6) is -0.479. The Balaban J connectivity index is 2.18. The zero-order valence-corrected chi connectivity index (χ0v) is 12.4. The topological polar surface area (TPSA) is 55.1 Å². The minimum atomic E-state index is -0.479. The summed E-state index contributed by atoms with van der Waals surface area (Å²) < 4.78 is 0. The van der Waals surface area contributed by atoms with E-state index in [0.717, 1.165) is 11.1 Å². The fourth-order valence-electron chi connectivity index (χ4n) is 1.86. The molecule has 0 bridgehead atoms. The normalized spacial score (nSPS) is 10.3. The van der Waals surface area contributed by atoms with Gasteiger partial charge in [-0.3, -0.25) is 4.79 Å². The van der Waals surface area contributed by atoms with Crippen molar-refractivity contribution in [2.45, 2.75) is 13.5 Å². The summed E-state index contributed by atoms with van der Waals surface area (Å²) in [6.45, 7) is 2.58. The van der Waals surface area contributed by atoms with Crippen LogP contribution < -0.4 is 11.1 Å². The van der Waals surface area contributed by atoms with Crippen molar-refractivity contribution in [2.75, 3.05) is 5.32 Å². The van der Waals surface area contributed by atoms with E-state index >= 15 is 0 Å². The fourth-order valence-corrected chi connectivity index (χ4v) is 2.27. The summed E-state index contributed by atoms with van der Waals surface area (Å²) in [4.78, 5) is 11.2. The molecular formula is C15H14Cl2N2O. The van der Waals surface area contributed by atoms with Crippen molar-refractivity contribution >= 4 is 34.8 Å². The van der Waals surface area contributed by atoms with Crippen LogP contribution >= 0.6 is 23.2 Å². The third-order valence-corrected chi connectivity index (χ3v) is 3.59. The summed E-state index contributed by atoms with van der Waals surface area (Å²) in [5, 5.41) is 4.45. The van der Waals surface area contributed by atoms with Crippen LogP contribution in [0.3, 0.4) is 0 Å². The molecule has 0 unspecified atom stereocenters. The molecular weight excluding hydrogens is 295 g/mol. The van der Waals surface area contributed by atoms with E-state index in [1.807, 2.05) is 25.1 Å². The van der Waals surface area contributed by atoms with E-state index in [0.29, 0.717) is 27.8 Å². The minimum Gasteiger partial charge on any atom is -0.380 e. The lowest BCUT2D eigenvalue weighted by Gasteiger charge is -2.11. The molecule has 0 spiro atoms. The number of hydrogen-bond acceptors (Lipinski definition) is 2. The molecule has 3 N–H and O–H groups in total. The molecule has 1 amide bonds. The van der Waals surface area contributed by atoms with Gasteiger partial charge in [-0.2, -0.15) is 0 Å². The molecule has 0 saturated heterocycles. The average Bonchev–Trinajstić information content (AvgIpc) is 2.39. The molecule has 2 aromatic rings. The van der Waals surface area contributed by atoms with E-state index in [1.54, 1.807) is 18.2 Å². The number of nitrogens with one attached hydrogen (secondary N) is 1. The molecule has 104 valence electrons. The van der Waals surface area contributed by atoms with Gasteiger partial charge >= 0.3 is 0 Å². The molecule has 0 fully saturated rings. The predicted octanol–water partition coefficient (Wildman–Crippen LogP) is 4.01. The first-order valence-electron chi connectivity index (χ1n) is 6.05. The quantitative estimate of drug-likeness (QED) is 0.896. The Morgan fingerprint density at radius 1 is 1.20 bits per heavy atom. The Hall–Kier alpha value is -1.71. The number of carbonyl (C=O) groups is 1. The van der Waals surface area contributed by atoms with E-state index in [1.165, 1.54) is 0 Å². The Morgan fingerprint density at radius 3 is 2.60 bits per heavy atom. The van der Waals surface area contributed by atoms with Gasteiger partial charge in [0.15, 0.2) is 0 Å². The molecule has 5 heteroatoms. The molecule has 20 heavy (non-hydrogen) atoms. The number of hydrogen-bond donors (Lipinski definition) is 2. The Morgan fingerprint density at radius 2 is 1.95 bits per heavy atom. The molecule has 0 saturated carbocycles. The summed E-state index contributed by atoms with van der Waals surface area (Å²) in [6, 6.07) is 10.6. The second-order valence-electron chi connectivity index (χ2n) is 4.48. The second kappa shape index (κ2) is 6.16. The number of primary amides is 1. The molecule has 2 rings (SSSR count). The number of halogens is 2. The highest BCUT2D eigenvalue weighted by Gasteiger charge is 2.06. The summed E-state index contributed by atoms with van der Waals surface area (Å²) in [7, 11) is 0. The summed E-state index contributed by atoms with van der Waals surface area (Å²) in [6.07, 6.45) is 0. The zero-order chi connectivity index (χ0) is 14.7. The van der Waals surface area contributed by atoms with Crippen molar-refractivity contribution in [3.63, 3.8) is 0 Å². The third kappa shape index (κ3) is 3.44. The van der Waals surface area contributed by atoms with Gasteiger partial charge in [-0.25, -0.2) is 0 Å². The molecule has 0 radical (unpaired) electrons. The first-order chi connectivity index (χ1) is 9.47. The largest absolute Gasteiger partial charge is 0.380 e. The highest BCUT2D eigenvalue weighted by molar-refractivity contribution is 6.33. The lowest BCUT2D eigenvalue weighted by atomic mass is 10.1. The maximum absolute atomic E-state index is 11.2. The number of benzene rings is 2. The zero-order valence-electron chi connectivity index (χ0n) is 10.9. The van der Waals surface area contributed by atoms with Gasteiger partial charge in [-0.05, 0) is 48.4 Å². The smallest absolute Gasteiger partial charge is 0.248 e. The SMILES string of the molecule is Cc1cc(Cl)ccc1CNc1cc(C(N)=O)ccc1Cl. The Kier molecular flexibility index (Phi) is 4.53. The van der Waals surface area contributed by atoms with Crippen LogP contribution in [-0.4, -0.2) is 5.91 Å². The van der Waals surface area contributed by atoms with Crippen molar-refractivity contribution in [1.29, 1.82) is 0 Å². The summed E-state index contributed by atoms with van der Waals surface area (Å²) >= 11 is 12.0. The maximum atomic E-state index is 11.2. The van der Waals surface area contributed by atoms with E-state index < -0.39 is 5.91 Å². The lowest BCUT2D eigenvalue weighted by Crippen LogP contribution is -2.11. The van der Waals surface area contributed by atoms with E-state index in [-0.39, 0.29) is 0 Å². The standard InChI is InChI=1S/C15H14Cl2N2O/c1-9-6-12(16)4-2-11(9)8-19-14-7-10(15(18)20)3-5-13(14)17/h2-7,19H,8H2,1H3,(H2,18,20). The number of anilines is 1. The van der Waals surface area contributed by atoms with Crippen LogP contribution in [0.25, 0.3) is 0 Å². The van der Waals surface area contributed by atoms with Crippen molar-refractivity contribution in [1.82, 2.24) is 0 Å². The highest BCUT2D eigenvalue weighted by Crippen LogP contribution is 2.24. The predicted molar refractivity (Wildman–Crippen MR) is 83.5 cm³/mol. The Bertz CT molecular complexity index is 656. The molecule has 0 aliphatic carbocycles. The van der Waals surface area contributed by atoms with Crippen LogP contribution in [0, 0.1) is 6.92 Å². The van der Waals surface area contributed by atoms with Crippen molar-refractivity contribution in [3.8, 4) is 0 Å². The van der Waals surface area contributed by atoms with Crippen LogP contribution in [0.15, 0.2) is 36.4 Å². The third-order valence-electron chi connectivity index (χ3n) is 3.02. The van der Waals surface area contributed by atoms with E-state index in [4.69, 9.17) is 28.9 Å². The second-order valence-corrected chi connectivity index (χ2v) is 5.33. The fraction of sp³-hybridized carbons (Fsp3) is 0.133. The van der Waals surface area contributed by atoms with Gasteiger partial charge in [0.25, 0.3) is 0 Å². The number of amides is 1. The van der Waals surface area contributed by atoms with Crippen LogP contribution in [0.4, 0.5) is 5.69 Å². The van der Waals surface area contributed by atoms with E-state index in [2.05, 4.69) is 5.32 Å². The molecule has 0 aliphatic heterocycles. The molecule has 0 heterocycles. The highest BCUT2D eigenvalue weighted by atomic mass is 35.5. The number of nitrogens with two attached hydrogens (primary N) is 1. The number of rotatable bonds is 4. The number of carbonyl (C=O) groups excluding carboxylic acids is 1. The van der Waals surface area contributed by atoms with Crippen LogP contribution in [0.1, 0.15) is 21.5 Å². The molecule has 3 nitrogen and oxygen atoms in total. The summed E-state index contributed by atoms with van der Waals surface area (Å²) in [5.41, 5.74) is 8.55. The number of aryl methyl sites for hydroxylation is 1. The van der Waals surface area contributed by atoms with Gasteiger partial charge in [0.05, 0.1) is 10.7 Å². The monoisotopic (exact) mass is 308 g/mol. The maximum Gasteiger partial charge on any atom is 0.248 e. The first-order valence-corrected chi connectivity index (χ1v) is 6.81. The van der Waals surface area contributed by atoms with Crippen LogP contribution in [0.2, 0.25) is 10.0 Å². The van der Waals surface area contributed by atoms with E-state index in [9.17, 15) is 4.79 Å². The molecule has 0 aromatic heterocycles. The van der Waals surface area contributed by atoms with Gasteiger partial charge in [0.1, 0.15) is 0 Å². The first kappa shape index (κ1) is 14.7. The van der Waals surface area contributed by atoms with Crippen molar-refractivity contribution in [2.24, 2.45) is 5.73 Å². The minimum absolute atomic E-state index is 0.421. The van der Waals surface area contributed by atoms with Gasteiger partial charge in [0.2, 0.25) is 5.91 Å². The van der Waals surface area contributed by atoms with Gasteiger partial charge in [0, 0.05) is 17.1 Å². The molecule has 0 atom stereocenters. The Labute approximate surface area is 127 Å². The molecule has 2 aromatic carbocycles. The van der Waals surface area contributed by atoms with Crippen LogP contribution in [-0.2, 0) is 6.54 Å². The molecule has 0 aliphatic rings. The van der Waals surface area contributed by atoms with Crippen LogP contribution in [0.5, 0.6) is 0 Å². The van der Waals surface area contributed by atoms with Crippen molar-refractivity contribution in [3.05, 3.63) is 63.1 Å². The lowest BCUT2D eigenvalue weighted by molar-refractivity contribution is 0.100. The van der Waals surface area contributed by atoms with Gasteiger partial charge in [-0.15, -0.1) is 0 Å². The average molecular weight is 309 g/mol. The van der Waals surface area contributed by atoms with Gasteiger partial charge < -0.3 is 11.1 Å². The van der Waals surface area contributed by atoms with Gasteiger partial charge in [-0.1, -0.05) is 29.3 Å². The van der Waals surface area contributed by atoms with Crippen molar-refractivity contribution < 1.29 is 4.79 Å².